The van der Waals surface area contributed by atoms with Crippen molar-refractivity contribution < 1.29 is 18.7 Å². The van der Waals surface area contributed by atoms with Gasteiger partial charge in [-0.25, -0.2) is 4.39 Å². The van der Waals surface area contributed by atoms with E-state index in [4.69, 9.17) is 4.74 Å². The zero-order chi connectivity index (χ0) is 15.6. The second-order valence-electron chi connectivity index (χ2n) is 5.05. The number of ether oxygens (including phenoxy) is 1. The molecule has 1 N–H and O–H groups in total. The maximum absolute atomic E-state index is 13.8. The number of halogens is 1. The zero-order valence-electron chi connectivity index (χ0n) is 12.4. The van der Waals surface area contributed by atoms with Gasteiger partial charge in [0.25, 0.3) is 5.91 Å². The second kappa shape index (κ2) is 5.71. The van der Waals surface area contributed by atoms with Gasteiger partial charge in [-0.2, -0.15) is 0 Å². The molecule has 1 fully saturated rings. The number of hydrogen-bond acceptors (Lipinski definition) is 3. The van der Waals surface area contributed by atoms with E-state index in [0.717, 1.165) is 0 Å². The van der Waals surface area contributed by atoms with Gasteiger partial charge >= 0.3 is 0 Å². The molecule has 2 rings (SSSR count). The molecule has 0 atom stereocenters. The number of carbonyl (C=O) groups excluding carboxylic acids is 2. The van der Waals surface area contributed by atoms with Gasteiger partial charge in [-0.1, -0.05) is 13.8 Å². The molecule has 114 valence electrons. The normalized spacial score (nSPS) is 17.6. The van der Waals surface area contributed by atoms with Crippen molar-refractivity contribution in [2.75, 3.05) is 18.6 Å². The fraction of sp³-hybridized carbons (Fsp3) is 0.467. The van der Waals surface area contributed by atoms with Crippen LogP contribution >= 0.6 is 0 Å². The topological polar surface area (TPSA) is 58.6 Å². The minimum atomic E-state index is -0.911. The van der Waals surface area contributed by atoms with Crippen molar-refractivity contribution in [3.63, 3.8) is 0 Å². The average molecular weight is 294 g/mol. The summed E-state index contributed by atoms with van der Waals surface area (Å²) in [5, 5.41) is 2.77. The monoisotopic (exact) mass is 294 g/mol. The summed E-state index contributed by atoms with van der Waals surface area (Å²) in [6.07, 6.45) is 0.979. The lowest BCUT2D eigenvalue weighted by Gasteiger charge is -2.41. The standard InChI is InChI=1S/C15H19FN2O3/c1-4-15(5-2)14(20)18(9-13(19)17-15)10-6-7-12(21-3)11(16)8-10/h6-8H,4-5,9H2,1-3H3,(H,17,19). The summed E-state index contributed by atoms with van der Waals surface area (Å²) in [5.41, 5.74) is -0.550. The van der Waals surface area contributed by atoms with Crippen LogP contribution in [0.1, 0.15) is 26.7 Å². The summed E-state index contributed by atoms with van der Waals surface area (Å²) in [6.45, 7) is 3.59. The van der Waals surface area contributed by atoms with Crippen molar-refractivity contribution >= 4 is 17.5 Å². The molecule has 2 amide bonds. The number of methoxy groups -OCH3 is 1. The minimum absolute atomic E-state index is 0.102. The van der Waals surface area contributed by atoms with Gasteiger partial charge in [0.15, 0.2) is 11.6 Å². The number of benzene rings is 1. The smallest absolute Gasteiger partial charge is 0.253 e. The van der Waals surface area contributed by atoms with Crippen LogP contribution in [0.25, 0.3) is 0 Å². The predicted octanol–water partition coefficient (Wildman–Crippen LogP) is 1.86. The molecule has 0 saturated carbocycles. The fourth-order valence-electron chi connectivity index (χ4n) is 2.59. The van der Waals surface area contributed by atoms with Crippen LogP contribution in [-0.4, -0.2) is 31.0 Å². The number of anilines is 1. The van der Waals surface area contributed by atoms with E-state index in [1.807, 2.05) is 13.8 Å². The molecule has 1 saturated heterocycles. The van der Waals surface area contributed by atoms with E-state index in [1.165, 1.54) is 24.1 Å². The zero-order valence-corrected chi connectivity index (χ0v) is 12.4. The highest BCUT2D eigenvalue weighted by Gasteiger charge is 2.44. The third-order valence-electron chi connectivity index (χ3n) is 3.99. The summed E-state index contributed by atoms with van der Waals surface area (Å²) in [6, 6.07) is 4.24. The quantitative estimate of drug-likeness (QED) is 0.922. The number of carbonyl (C=O) groups is 2. The molecule has 1 aromatic carbocycles. The minimum Gasteiger partial charge on any atom is -0.494 e. The Kier molecular flexibility index (Phi) is 4.16. The number of nitrogens with zero attached hydrogens (tertiary/aromatic N) is 1. The molecule has 6 heteroatoms. The van der Waals surface area contributed by atoms with Crippen molar-refractivity contribution in [2.45, 2.75) is 32.2 Å². The Morgan fingerprint density at radius 1 is 1.33 bits per heavy atom. The van der Waals surface area contributed by atoms with E-state index in [1.54, 1.807) is 6.07 Å². The Morgan fingerprint density at radius 2 is 2.00 bits per heavy atom. The van der Waals surface area contributed by atoms with E-state index < -0.39 is 11.4 Å². The Balaban J connectivity index is 2.40. The van der Waals surface area contributed by atoms with Crippen LogP contribution < -0.4 is 15.0 Å². The first kappa shape index (κ1) is 15.3. The van der Waals surface area contributed by atoms with E-state index in [-0.39, 0.29) is 24.1 Å². The first-order valence-electron chi connectivity index (χ1n) is 6.94. The van der Waals surface area contributed by atoms with Crippen molar-refractivity contribution in [1.29, 1.82) is 0 Å². The summed E-state index contributed by atoms with van der Waals surface area (Å²) >= 11 is 0. The molecule has 1 heterocycles. The summed E-state index contributed by atoms with van der Waals surface area (Å²) in [7, 11) is 1.37. The van der Waals surface area contributed by atoms with Gasteiger partial charge in [0, 0.05) is 11.8 Å². The molecule has 0 radical (unpaired) electrons. The molecule has 1 aromatic rings. The molecule has 0 unspecified atom stereocenters. The molecule has 1 aliphatic rings. The maximum Gasteiger partial charge on any atom is 0.253 e. The average Bonchev–Trinajstić information content (AvgIpc) is 2.49. The van der Waals surface area contributed by atoms with Crippen LogP contribution in [0.4, 0.5) is 10.1 Å². The summed E-state index contributed by atoms with van der Waals surface area (Å²) in [4.78, 5) is 25.9. The lowest BCUT2D eigenvalue weighted by molar-refractivity contribution is -0.136. The van der Waals surface area contributed by atoms with E-state index in [0.29, 0.717) is 18.5 Å². The van der Waals surface area contributed by atoms with Crippen LogP contribution in [0.15, 0.2) is 18.2 Å². The summed E-state index contributed by atoms with van der Waals surface area (Å²) < 4.78 is 18.7. The first-order valence-corrected chi connectivity index (χ1v) is 6.94. The predicted molar refractivity (Wildman–Crippen MR) is 76.8 cm³/mol. The molecule has 0 spiro atoms. The number of nitrogens with one attached hydrogen (secondary N) is 1. The molecular weight excluding hydrogens is 275 g/mol. The number of piperazine rings is 1. The van der Waals surface area contributed by atoms with Crippen LogP contribution in [0.5, 0.6) is 5.75 Å². The van der Waals surface area contributed by atoms with Crippen LogP contribution in [0.2, 0.25) is 0 Å². The lowest BCUT2D eigenvalue weighted by Crippen LogP contribution is -2.66. The highest BCUT2D eigenvalue weighted by molar-refractivity contribution is 6.09. The Bertz CT molecular complexity index is 570. The molecule has 0 bridgehead atoms. The third kappa shape index (κ3) is 2.57. The van der Waals surface area contributed by atoms with Crippen LogP contribution in [-0.2, 0) is 9.59 Å². The van der Waals surface area contributed by atoms with Gasteiger partial charge in [-0.05, 0) is 25.0 Å². The lowest BCUT2D eigenvalue weighted by atomic mass is 9.88. The summed E-state index contributed by atoms with van der Waals surface area (Å²) in [5.74, 6) is -0.913. The van der Waals surface area contributed by atoms with E-state index in [2.05, 4.69) is 5.32 Å². The van der Waals surface area contributed by atoms with Gasteiger partial charge in [-0.3, -0.25) is 9.59 Å². The highest BCUT2D eigenvalue weighted by atomic mass is 19.1. The molecule has 1 aliphatic heterocycles. The number of amides is 2. The van der Waals surface area contributed by atoms with Crippen molar-refractivity contribution in [2.24, 2.45) is 0 Å². The van der Waals surface area contributed by atoms with Gasteiger partial charge < -0.3 is 15.0 Å². The van der Waals surface area contributed by atoms with E-state index >= 15 is 0 Å². The second-order valence-corrected chi connectivity index (χ2v) is 5.05. The van der Waals surface area contributed by atoms with Crippen LogP contribution in [0, 0.1) is 5.82 Å². The van der Waals surface area contributed by atoms with Crippen molar-refractivity contribution in [3.8, 4) is 5.75 Å². The Labute approximate surface area is 123 Å². The first-order chi connectivity index (χ1) is 9.97. The van der Waals surface area contributed by atoms with Crippen molar-refractivity contribution in [1.82, 2.24) is 5.32 Å². The van der Waals surface area contributed by atoms with Gasteiger partial charge in [0.05, 0.1) is 7.11 Å². The SMILES string of the molecule is CCC1(CC)NC(=O)CN(c2ccc(OC)c(F)c2)C1=O. The molecule has 0 aliphatic carbocycles. The Morgan fingerprint density at radius 3 is 2.52 bits per heavy atom. The third-order valence-corrected chi connectivity index (χ3v) is 3.99. The molecular formula is C15H19FN2O3. The van der Waals surface area contributed by atoms with Gasteiger partial charge in [0.1, 0.15) is 12.1 Å². The largest absolute Gasteiger partial charge is 0.494 e. The number of rotatable bonds is 4. The highest BCUT2D eigenvalue weighted by Crippen LogP contribution is 2.29. The molecule has 21 heavy (non-hydrogen) atoms. The fourth-order valence-corrected chi connectivity index (χ4v) is 2.59. The maximum atomic E-state index is 13.8. The van der Waals surface area contributed by atoms with Crippen LogP contribution in [0.3, 0.4) is 0 Å². The molecule has 0 aromatic heterocycles. The van der Waals surface area contributed by atoms with Gasteiger partial charge in [-0.15, -0.1) is 0 Å². The Hall–Kier alpha value is -2.11. The van der Waals surface area contributed by atoms with Crippen molar-refractivity contribution in [3.05, 3.63) is 24.0 Å². The molecule has 5 nitrogen and oxygen atoms in total. The number of hydrogen-bond donors (Lipinski definition) is 1. The van der Waals surface area contributed by atoms with E-state index in [9.17, 15) is 14.0 Å². The van der Waals surface area contributed by atoms with Gasteiger partial charge in [0.2, 0.25) is 5.91 Å².